The maximum Gasteiger partial charge on any atom is 0.227 e. The Labute approximate surface area is 155 Å². The summed E-state index contributed by atoms with van der Waals surface area (Å²) < 4.78 is 0. The fourth-order valence-electron chi connectivity index (χ4n) is 3.45. The predicted octanol–water partition coefficient (Wildman–Crippen LogP) is 3.63. The van der Waals surface area contributed by atoms with E-state index in [1.54, 1.807) is 0 Å². The van der Waals surface area contributed by atoms with Crippen molar-refractivity contribution in [3.05, 3.63) is 47.3 Å². The van der Waals surface area contributed by atoms with Crippen LogP contribution < -0.4 is 10.2 Å². The van der Waals surface area contributed by atoms with Gasteiger partial charge in [0.2, 0.25) is 11.9 Å². The van der Waals surface area contributed by atoms with E-state index < -0.39 is 0 Å². The summed E-state index contributed by atoms with van der Waals surface area (Å²) in [6.45, 7) is 8.15. The van der Waals surface area contributed by atoms with Crippen molar-refractivity contribution in [1.29, 1.82) is 0 Å². The fourth-order valence-corrected chi connectivity index (χ4v) is 3.45. The second-order valence-corrected chi connectivity index (χ2v) is 6.79. The Morgan fingerprint density at radius 1 is 1.19 bits per heavy atom. The largest absolute Gasteiger partial charge is 0.341 e. The Bertz CT molecular complexity index is 753. The Hall–Kier alpha value is -2.43. The van der Waals surface area contributed by atoms with E-state index in [9.17, 15) is 4.79 Å². The summed E-state index contributed by atoms with van der Waals surface area (Å²) in [7, 11) is 0. The van der Waals surface area contributed by atoms with Crippen LogP contribution in [0.15, 0.2) is 30.5 Å². The van der Waals surface area contributed by atoms with Crippen molar-refractivity contribution < 1.29 is 4.79 Å². The van der Waals surface area contributed by atoms with Crippen LogP contribution in [-0.4, -0.2) is 29.0 Å². The van der Waals surface area contributed by atoms with Crippen LogP contribution in [0.3, 0.4) is 0 Å². The molecular weight excluding hydrogens is 324 g/mol. The van der Waals surface area contributed by atoms with Crippen LogP contribution >= 0.6 is 0 Å². The van der Waals surface area contributed by atoms with E-state index in [0.29, 0.717) is 6.42 Å². The molecule has 1 aromatic carbocycles. The summed E-state index contributed by atoms with van der Waals surface area (Å²) in [5.41, 5.74) is 4.34. The number of anilines is 2. The van der Waals surface area contributed by atoms with Gasteiger partial charge in [0.15, 0.2) is 0 Å². The highest BCUT2D eigenvalue weighted by Gasteiger charge is 2.26. The number of carbonyl (C=O) groups excluding carboxylic acids is 1. The molecule has 0 spiro atoms. The molecule has 5 nitrogen and oxygen atoms in total. The zero-order chi connectivity index (χ0) is 18.5. The van der Waals surface area contributed by atoms with Crippen molar-refractivity contribution in [2.45, 2.75) is 46.5 Å². The van der Waals surface area contributed by atoms with Gasteiger partial charge in [-0.1, -0.05) is 19.1 Å². The van der Waals surface area contributed by atoms with Crippen molar-refractivity contribution >= 4 is 17.5 Å². The number of fused-ring (bicyclic) bond motifs is 1. The summed E-state index contributed by atoms with van der Waals surface area (Å²) in [6.07, 6.45) is 5.29. The molecule has 1 heterocycles. The lowest BCUT2D eigenvalue weighted by Crippen LogP contribution is -2.30. The van der Waals surface area contributed by atoms with Crippen molar-refractivity contribution in [3.8, 4) is 0 Å². The lowest BCUT2D eigenvalue weighted by atomic mass is 9.86. The van der Waals surface area contributed by atoms with E-state index >= 15 is 0 Å². The molecule has 1 amide bonds. The van der Waals surface area contributed by atoms with Gasteiger partial charge in [0.05, 0.1) is 0 Å². The first kappa shape index (κ1) is 18.4. The maximum atomic E-state index is 12.6. The number of aryl methyl sites for hydroxylation is 2. The minimum atomic E-state index is -0.0174. The van der Waals surface area contributed by atoms with Crippen LogP contribution in [0.1, 0.15) is 44.0 Å². The van der Waals surface area contributed by atoms with Crippen molar-refractivity contribution in [2.75, 3.05) is 23.3 Å². The average molecular weight is 352 g/mol. The normalized spacial score (nSPS) is 16.0. The highest BCUT2D eigenvalue weighted by molar-refractivity contribution is 5.92. The van der Waals surface area contributed by atoms with E-state index in [2.05, 4.69) is 48.1 Å². The molecule has 26 heavy (non-hydrogen) atoms. The van der Waals surface area contributed by atoms with Gasteiger partial charge < -0.3 is 10.2 Å². The van der Waals surface area contributed by atoms with Gasteiger partial charge in [-0.25, -0.2) is 9.97 Å². The van der Waals surface area contributed by atoms with E-state index in [0.717, 1.165) is 55.2 Å². The molecule has 5 heteroatoms. The second-order valence-electron chi connectivity index (χ2n) is 6.79. The molecule has 0 aliphatic heterocycles. The first-order chi connectivity index (χ1) is 12.6. The third-order valence-electron chi connectivity index (χ3n) is 5.18. The number of aromatic nitrogens is 2. The summed E-state index contributed by atoms with van der Waals surface area (Å²) in [4.78, 5) is 24.0. The number of rotatable bonds is 6. The molecule has 1 atom stereocenters. The van der Waals surface area contributed by atoms with Gasteiger partial charge in [-0.3, -0.25) is 4.79 Å². The Kier molecular flexibility index (Phi) is 5.86. The molecule has 3 rings (SSSR count). The van der Waals surface area contributed by atoms with Crippen LogP contribution in [0.2, 0.25) is 0 Å². The average Bonchev–Trinajstić information content (AvgIpc) is 2.69. The molecule has 0 saturated heterocycles. The van der Waals surface area contributed by atoms with Gasteiger partial charge in [0.25, 0.3) is 0 Å². The molecule has 1 N–H and O–H groups in total. The third kappa shape index (κ3) is 4.03. The van der Waals surface area contributed by atoms with Crippen LogP contribution in [0, 0.1) is 5.92 Å². The van der Waals surface area contributed by atoms with Gasteiger partial charge in [-0.05, 0) is 62.8 Å². The third-order valence-corrected chi connectivity index (χ3v) is 5.18. The monoisotopic (exact) mass is 352 g/mol. The quantitative estimate of drug-likeness (QED) is 0.862. The number of nitrogens with zero attached hydrogens (tertiary/aromatic N) is 3. The van der Waals surface area contributed by atoms with Gasteiger partial charge in [0.1, 0.15) is 0 Å². The molecule has 1 aromatic heterocycles. The van der Waals surface area contributed by atoms with Crippen molar-refractivity contribution in [1.82, 2.24) is 9.97 Å². The first-order valence-electron chi connectivity index (χ1n) is 9.64. The van der Waals surface area contributed by atoms with Gasteiger partial charge >= 0.3 is 0 Å². The number of carbonyl (C=O) groups is 1. The molecule has 0 unspecified atom stereocenters. The van der Waals surface area contributed by atoms with Gasteiger partial charge in [-0.15, -0.1) is 0 Å². The number of benzene rings is 1. The zero-order valence-electron chi connectivity index (χ0n) is 16.0. The lowest BCUT2D eigenvalue weighted by Gasteiger charge is -2.25. The van der Waals surface area contributed by atoms with Crippen LogP contribution in [0.5, 0.6) is 0 Å². The minimum absolute atomic E-state index is 0.0174. The fraction of sp³-hybridized carbons (Fsp3) is 0.476. The number of hydrogen-bond acceptors (Lipinski definition) is 4. The molecule has 2 aromatic rings. The Morgan fingerprint density at radius 3 is 2.58 bits per heavy atom. The molecule has 1 aliphatic rings. The lowest BCUT2D eigenvalue weighted by molar-refractivity contribution is -0.120. The molecule has 1 aliphatic carbocycles. The zero-order valence-corrected chi connectivity index (χ0v) is 16.0. The Morgan fingerprint density at radius 2 is 1.92 bits per heavy atom. The van der Waals surface area contributed by atoms with Crippen LogP contribution in [0.4, 0.5) is 11.6 Å². The number of amides is 1. The van der Waals surface area contributed by atoms with E-state index in [1.807, 2.05) is 18.3 Å². The highest BCUT2D eigenvalue weighted by Crippen LogP contribution is 2.26. The standard InChI is InChI=1S/C21H28N4O/c1-4-15-7-10-18(11-8-15)23-20(26)16-9-12-19-17(13-16)14-22-21(24-19)25(5-2)6-3/h7-8,10-11,14,16H,4-6,9,12-13H2,1-3H3,(H,23,26)/t16-/m0/s1. The molecule has 0 saturated carbocycles. The molecule has 0 bridgehead atoms. The van der Waals surface area contributed by atoms with Crippen LogP contribution in [-0.2, 0) is 24.1 Å². The molecular formula is C21H28N4O. The summed E-state index contributed by atoms with van der Waals surface area (Å²) in [5.74, 6) is 0.872. The highest BCUT2D eigenvalue weighted by atomic mass is 16.1. The van der Waals surface area contributed by atoms with Crippen LogP contribution in [0.25, 0.3) is 0 Å². The molecule has 0 radical (unpaired) electrons. The van der Waals surface area contributed by atoms with Gasteiger partial charge in [0, 0.05) is 36.6 Å². The van der Waals surface area contributed by atoms with E-state index in [-0.39, 0.29) is 11.8 Å². The summed E-state index contributed by atoms with van der Waals surface area (Å²) in [6, 6.07) is 8.09. The molecule has 0 fully saturated rings. The molecule has 138 valence electrons. The Balaban J connectivity index is 1.66. The SMILES string of the molecule is CCc1ccc(NC(=O)[C@H]2CCc3nc(N(CC)CC)ncc3C2)cc1. The predicted molar refractivity (Wildman–Crippen MR) is 106 cm³/mol. The first-order valence-corrected chi connectivity index (χ1v) is 9.64. The van der Waals surface area contributed by atoms with E-state index in [1.165, 1.54) is 5.56 Å². The van der Waals surface area contributed by atoms with E-state index in [4.69, 9.17) is 4.98 Å². The minimum Gasteiger partial charge on any atom is -0.341 e. The van der Waals surface area contributed by atoms with Crippen molar-refractivity contribution in [2.24, 2.45) is 5.92 Å². The maximum absolute atomic E-state index is 12.6. The van der Waals surface area contributed by atoms with Gasteiger partial charge in [-0.2, -0.15) is 0 Å². The topological polar surface area (TPSA) is 58.1 Å². The number of nitrogens with one attached hydrogen (secondary N) is 1. The number of hydrogen-bond donors (Lipinski definition) is 1. The van der Waals surface area contributed by atoms with Crippen molar-refractivity contribution in [3.63, 3.8) is 0 Å². The summed E-state index contributed by atoms with van der Waals surface area (Å²) in [5, 5.41) is 3.05. The smallest absolute Gasteiger partial charge is 0.227 e. The second kappa shape index (κ2) is 8.30. The summed E-state index contributed by atoms with van der Waals surface area (Å²) >= 11 is 0.